The van der Waals surface area contributed by atoms with Gasteiger partial charge in [0, 0.05) is 70.3 Å². The number of aromatic nitrogens is 2. The van der Waals surface area contributed by atoms with Crippen molar-refractivity contribution in [3.8, 4) is 0 Å². The number of fused-ring (bicyclic) bond motifs is 17. The number of furan rings is 1. The highest BCUT2D eigenvalue weighted by molar-refractivity contribution is 7.15. The van der Waals surface area contributed by atoms with Crippen LogP contribution in [0.4, 0.5) is 0 Å². The molecule has 1 aliphatic rings. The number of rotatable bonds is 1. The van der Waals surface area contributed by atoms with Crippen molar-refractivity contribution in [1.82, 2.24) is 9.97 Å². The van der Waals surface area contributed by atoms with Gasteiger partial charge in [-0.05, 0) is 36.6 Å². The van der Waals surface area contributed by atoms with E-state index < -0.39 is 0 Å². The van der Waals surface area contributed by atoms with Crippen LogP contribution in [0, 0.1) is 6.92 Å². The zero-order chi connectivity index (χ0) is 26.1. The average Bonchev–Trinajstić information content (AvgIpc) is 3.68. The Hall–Kier alpha value is -4.54. The summed E-state index contributed by atoms with van der Waals surface area (Å²) in [6, 6.07) is 25.8. The topological polar surface area (TPSA) is 44.7 Å². The Morgan fingerprint density at radius 2 is 1.03 bits per heavy atom. The second-order valence-electron chi connectivity index (χ2n) is 10.2. The van der Waals surface area contributed by atoms with Gasteiger partial charge >= 0.3 is 0 Å². The van der Waals surface area contributed by atoms with Gasteiger partial charge in [-0.25, -0.2) is 0 Å². The Kier molecular flexibility index (Phi) is 4.88. The summed E-state index contributed by atoms with van der Waals surface area (Å²) < 4.78 is 6.61. The van der Waals surface area contributed by atoms with Gasteiger partial charge in [-0.1, -0.05) is 79.7 Å². The van der Waals surface area contributed by atoms with E-state index in [-0.39, 0.29) is 0 Å². The molecule has 7 aromatic rings. The molecule has 188 valence electrons. The smallest absolute Gasteiger partial charge is 0.137 e. The third-order valence-electron chi connectivity index (χ3n) is 8.04. The van der Waals surface area contributed by atoms with Gasteiger partial charge in [0.2, 0.25) is 0 Å². The molecule has 0 saturated carbocycles. The molecule has 0 amide bonds. The third-order valence-corrected chi connectivity index (χ3v) is 9.15. The minimum atomic E-state index is 0.861. The maximum atomic E-state index is 6.61. The SMILES string of the molecule is CCc1c(C)c2[nH]c1=Cc1oc(c3ccccc13)C=c1[nH]c(c3ccccc13)=Cc1sc(c3ccccc13)C=2. The molecule has 0 aliphatic carbocycles. The summed E-state index contributed by atoms with van der Waals surface area (Å²) >= 11 is 1.84. The molecule has 39 heavy (non-hydrogen) atoms. The largest absolute Gasteiger partial charge is 0.456 e. The minimum Gasteiger partial charge on any atom is -0.456 e. The van der Waals surface area contributed by atoms with Crippen molar-refractivity contribution in [3.63, 3.8) is 0 Å². The van der Waals surface area contributed by atoms with Gasteiger partial charge in [0.15, 0.2) is 0 Å². The molecular weight excluding hydrogens is 496 g/mol. The molecule has 0 unspecified atom stereocenters. The third kappa shape index (κ3) is 3.42. The molecule has 3 aromatic carbocycles. The van der Waals surface area contributed by atoms with E-state index >= 15 is 0 Å². The lowest BCUT2D eigenvalue weighted by Gasteiger charge is -1.94. The van der Waals surface area contributed by atoms with Gasteiger partial charge in [-0.2, -0.15) is 0 Å². The van der Waals surface area contributed by atoms with Gasteiger partial charge < -0.3 is 14.4 Å². The van der Waals surface area contributed by atoms with E-state index in [4.69, 9.17) is 4.42 Å². The predicted octanol–water partition coefficient (Wildman–Crippen LogP) is 5.96. The van der Waals surface area contributed by atoms with Gasteiger partial charge in [0.1, 0.15) is 11.5 Å². The highest BCUT2D eigenvalue weighted by Crippen LogP contribution is 2.33. The van der Waals surface area contributed by atoms with Crippen molar-refractivity contribution < 1.29 is 4.42 Å². The fraction of sp³-hybridized carbons (Fsp3) is 0.0857. The zero-order valence-corrected chi connectivity index (χ0v) is 22.6. The predicted molar refractivity (Wildman–Crippen MR) is 164 cm³/mol. The number of hydrogen-bond donors (Lipinski definition) is 2. The number of thiophene rings is 1. The molecule has 8 rings (SSSR count). The van der Waals surface area contributed by atoms with Crippen LogP contribution in [0.1, 0.15) is 39.3 Å². The van der Waals surface area contributed by atoms with Crippen molar-refractivity contribution >= 4 is 68.0 Å². The standard InChI is InChI=1S/C35H26N2OS/c1-3-21-20(2)28-18-34-26-14-8-9-15-27(26)35(39-34)19-31-23-11-5-4-10-22(23)30(37-31)17-33-25-13-7-6-12-24(25)32(38-33)16-29(21)36-28/h4-19,36-37H,3H2,1-2H3. The number of nitrogens with one attached hydrogen (secondary N) is 2. The lowest BCUT2D eigenvalue weighted by Crippen LogP contribution is -2.12. The van der Waals surface area contributed by atoms with Crippen LogP contribution < -0.4 is 21.4 Å². The highest BCUT2D eigenvalue weighted by Gasteiger charge is 2.14. The van der Waals surface area contributed by atoms with Crippen LogP contribution in [0.3, 0.4) is 0 Å². The first-order valence-corrected chi connectivity index (χ1v) is 14.2. The van der Waals surface area contributed by atoms with E-state index in [0.29, 0.717) is 0 Å². The Labute approximate surface area is 228 Å². The summed E-state index contributed by atoms with van der Waals surface area (Å²) in [7, 11) is 0. The van der Waals surface area contributed by atoms with Crippen molar-refractivity contribution in [3.05, 3.63) is 127 Å². The van der Waals surface area contributed by atoms with Crippen LogP contribution in [0.2, 0.25) is 0 Å². The Bertz CT molecular complexity index is 2340. The quantitative estimate of drug-likeness (QED) is 0.275. The number of hydrogen-bond acceptors (Lipinski definition) is 2. The van der Waals surface area contributed by atoms with E-state index in [1.807, 2.05) is 11.3 Å². The molecule has 4 heteroatoms. The molecule has 4 aromatic heterocycles. The molecule has 5 heterocycles. The minimum absolute atomic E-state index is 0.861. The molecule has 1 aliphatic heterocycles. The summed E-state index contributed by atoms with van der Waals surface area (Å²) in [5.41, 5.74) is 2.61. The molecule has 3 nitrogen and oxygen atoms in total. The van der Waals surface area contributed by atoms with Crippen LogP contribution in [0.5, 0.6) is 0 Å². The molecule has 2 N–H and O–H groups in total. The van der Waals surface area contributed by atoms with Crippen LogP contribution in [0.15, 0.2) is 77.2 Å². The van der Waals surface area contributed by atoms with Crippen LogP contribution in [-0.4, -0.2) is 9.97 Å². The average molecular weight is 523 g/mol. The lowest BCUT2D eigenvalue weighted by atomic mass is 10.1. The molecule has 0 radical (unpaired) electrons. The Morgan fingerprint density at radius 1 is 0.564 bits per heavy atom. The second kappa shape index (κ2) is 8.48. The summed E-state index contributed by atoms with van der Waals surface area (Å²) in [5, 5.41) is 11.6. The molecular formula is C35H26N2OS. The van der Waals surface area contributed by atoms with Crippen LogP contribution >= 0.6 is 11.3 Å². The summed E-state index contributed by atoms with van der Waals surface area (Å²) in [6.45, 7) is 4.45. The van der Waals surface area contributed by atoms with E-state index in [1.165, 1.54) is 42.4 Å². The maximum absolute atomic E-state index is 6.61. The molecule has 0 spiro atoms. The summed E-state index contributed by atoms with van der Waals surface area (Å²) in [5.74, 6) is 1.73. The fourth-order valence-electron chi connectivity index (χ4n) is 6.10. The van der Waals surface area contributed by atoms with Crippen molar-refractivity contribution in [1.29, 1.82) is 0 Å². The maximum Gasteiger partial charge on any atom is 0.137 e. The van der Waals surface area contributed by atoms with Crippen LogP contribution in [0.25, 0.3) is 56.6 Å². The van der Waals surface area contributed by atoms with Crippen LogP contribution in [-0.2, 0) is 6.42 Å². The first-order valence-electron chi connectivity index (χ1n) is 13.4. The molecule has 0 atom stereocenters. The first kappa shape index (κ1) is 22.4. The normalized spacial score (nSPS) is 12.8. The van der Waals surface area contributed by atoms with E-state index in [2.05, 4.69) is 121 Å². The van der Waals surface area contributed by atoms with Gasteiger partial charge in [0.25, 0.3) is 0 Å². The first-order chi connectivity index (χ1) is 19.2. The van der Waals surface area contributed by atoms with Gasteiger partial charge in [0.05, 0.1) is 5.35 Å². The lowest BCUT2D eigenvalue weighted by molar-refractivity contribution is 0.551. The molecule has 8 bridgehead atoms. The van der Waals surface area contributed by atoms with E-state index in [9.17, 15) is 0 Å². The number of aromatic amines is 2. The summed E-state index contributed by atoms with van der Waals surface area (Å²) in [4.78, 5) is 9.99. The Balaban J connectivity index is 1.59. The zero-order valence-electron chi connectivity index (χ0n) is 21.8. The van der Waals surface area contributed by atoms with Crippen molar-refractivity contribution in [2.45, 2.75) is 20.3 Å². The monoisotopic (exact) mass is 522 g/mol. The molecule has 0 fully saturated rings. The van der Waals surface area contributed by atoms with Crippen molar-refractivity contribution in [2.24, 2.45) is 0 Å². The highest BCUT2D eigenvalue weighted by atomic mass is 32.1. The molecule has 0 saturated heterocycles. The van der Waals surface area contributed by atoms with Gasteiger partial charge in [-0.15, -0.1) is 11.3 Å². The van der Waals surface area contributed by atoms with E-state index in [0.717, 1.165) is 50.1 Å². The number of H-pyrrole nitrogens is 2. The Morgan fingerprint density at radius 3 is 1.62 bits per heavy atom. The summed E-state index contributed by atoms with van der Waals surface area (Å²) in [6.07, 6.45) is 9.90. The van der Waals surface area contributed by atoms with Crippen molar-refractivity contribution in [2.75, 3.05) is 0 Å². The number of benzene rings is 3. The van der Waals surface area contributed by atoms with Gasteiger partial charge in [-0.3, -0.25) is 0 Å². The fourth-order valence-corrected chi connectivity index (χ4v) is 7.26. The second-order valence-corrected chi connectivity index (χ2v) is 11.3. The van der Waals surface area contributed by atoms with E-state index in [1.54, 1.807) is 0 Å².